The minimum absolute atomic E-state index is 0.320. The van der Waals surface area contributed by atoms with Crippen molar-refractivity contribution in [3.8, 4) is 0 Å². The van der Waals surface area contributed by atoms with E-state index in [0.29, 0.717) is 0 Å². The molecule has 0 bridgehead atoms. The van der Waals surface area contributed by atoms with E-state index in [4.69, 9.17) is 0 Å². The van der Waals surface area contributed by atoms with Gasteiger partial charge in [-0.25, -0.2) is 0 Å². The van der Waals surface area contributed by atoms with Gasteiger partial charge in [-0.15, -0.1) is 0 Å². The second-order valence-electron chi connectivity index (χ2n) is 3.79. The summed E-state index contributed by atoms with van der Waals surface area (Å²) in [5.41, 5.74) is 0. The van der Waals surface area contributed by atoms with E-state index in [0.717, 1.165) is 0 Å². The van der Waals surface area contributed by atoms with Gasteiger partial charge in [0.25, 0.3) is 0 Å². The molecule has 0 unspecified atom stereocenters. The third-order valence-corrected chi connectivity index (χ3v) is 2.78. The standard InChI is InChI=1S/C10H14O4/c1-5-3-4-6(2)8(10(13)14)7(5)9(11)12/h3-8H,1-2H3,(H,11,12)(H,13,14)/p-2/t5-,6-,7-,8+/m1/s1. The van der Waals surface area contributed by atoms with Crippen molar-refractivity contribution in [3.63, 3.8) is 0 Å². The summed E-state index contributed by atoms with van der Waals surface area (Å²) >= 11 is 0. The Balaban J connectivity index is 3.02. The van der Waals surface area contributed by atoms with Crippen LogP contribution >= 0.6 is 0 Å². The lowest BCUT2D eigenvalue weighted by atomic mass is 9.72. The number of allylic oxidation sites excluding steroid dienone is 2. The van der Waals surface area contributed by atoms with Gasteiger partial charge in [0.2, 0.25) is 0 Å². The van der Waals surface area contributed by atoms with Gasteiger partial charge in [0, 0.05) is 23.8 Å². The molecule has 4 atom stereocenters. The van der Waals surface area contributed by atoms with Crippen LogP contribution in [0.15, 0.2) is 12.2 Å². The van der Waals surface area contributed by atoms with Crippen LogP contribution in [0, 0.1) is 23.7 Å². The van der Waals surface area contributed by atoms with E-state index < -0.39 is 23.8 Å². The van der Waals surface area contributed by atoms with E-state index >= 15 is 0 Å². The molecule has 1 rings (SSSR count). The Labute approximate surface area is 82.2 Å². The maximum atomic E-state index is 10.8. The Bertz CT molecular complexity index is 254. The molecule has 0 heterocycles. The summed E-state index contributed by atoms with van der Waals surface area (Å²) in [4.78, 5) is 21.6. The smallest absolute Gasteiger partial charge is 0.0457 e. The van der Waals surface area contributed by atoms with Crippen molar-refractivity contribution >= 4 is 11.9 Å². The molecule has 1 aliphatic rings. The zero-order chi connectivity index (χ0) is 10.9. The van der Waals surface area contributed by atoms with E-state index in [1.807, 2.05) is 0 Å². The van der Waals surface area contributed by atoms with Gasteiger partial charge in [-0.3, -0.25) is 0 Å². The fourth-order valence-electron chi connectivity index (χ4n) is 1.97. The van der Waals surface area contributed by atoms with Crippen LogP contribution in [-0.4, -0.2) is 11.9 Å². The highest BCUT2D eigenvalue weighted by molar-refractivity contribution is 5.79. The average Bonchev–Trinajstić information content (AvgIpc) is 2.07. The number of carboxylic acids is 2. The molecule has 78 valence electrons. The quantitative estimate of drug-likeness (QED) is 0.506. The molecule has 1 aliphatic carbocycles. The van der Waals surface area contributed by atoms with Crippen LogP contribution in [0.25, 0.3) is 0 Å². The van der Waals surface area contributed by atoms with Gasteiger partial charge in [0.05, 0.1) is 0 Å². The Morgan fingerprint density at radius 1 is 0.929 bits per heavy atom. The lowest BCUT2D eigenvalue weighted by Crippen LogP contribution is -2.49. The highest BCUT2D eigenvalue weighted by Crippen LogP contribution is 2.33. The minimum atomic E-state index is -1.32. The Hall–Kier alpha value is -1.32. The van der Waals surface area contributed by atoms with Crippen molar-refractivity contribution in [3.05, 3.63) is 12.2 Å². The predicted octanol–water partition coefficient (Wildman–Crippen LogP) is -1.44. The molecule has 4 heteroatoms. The SMILES string of the molecule is C[C@@H]1C=C[C@@H](C)[C@@H](C(=O)[O-])[C@H]1C(=O)[O-]. The molecule has 0 spiro atoms. The first-order chi connectivity index (χ1) is 6.45. The second-order valence-corrected chi connectivity index (χ2v) is 3.79. The Morgan fingerprint density at radius 3 is 1.43 bits per heavy atom. The summed E-state index contributed by atoms with van der Waals surface area (Å²) < 4.78 is 0. The first kappa shape index (κ1) is 10.8. The van der Waals surface area contributed by atoms with Crippen molar-refractivity contribution in [2.24, 2.45) is 23.7 Å². The van der Waals surface area contributed by atoms with Crippen LogP contribution in [0.3, 0.4) is 0 Å². The van der Waals surface area contributed by atoms with Gasteiger partial charge < -0.3 is 19.8 Å². The average molecular weight is 196 g/mol. The zero-order valence-corrected chi connectivity index (χ0v) is 8.10. The van der Waals surface area contributed by atoms with Crippen LogP contribution < -0.4 is 10.2 Å². The first-order valence-electron chi connectivity index (χ1n) is 4.55. The highest BCUT2D eigenvalue weighted by atomic mass is 16.4. The number of hydrogen-bond acceptors (Lipinski definition) is 4. The number of rotatable bonds is 2. The van der Waals surface area contributed by atoms with Crippen molar-refractivity contribution in [1.82, 2.24) is 0 Å². The van der Waals surface area contributed by atoms with Crippen molar-refractivity contribution in [2.75, 3.05) is 0 Å². The van der Waals surface area contributed by atoms with E-state index in [-0.39, 0.29) is 11.8 Å². The maximum absolute atomic E-state index is 10.8. The molecular formula is C10H12O4-2. The van der Waals surface area contributed by atoms with Gasteiger partial charge >= 0.3 is 0 Å². The summed E-state index contributed by atoms with van der Waals surface area (Å²) in [7, 11) is 0. The number of carbonyl (C=O) groups excluding carboxylic acids is 2. The Morgan fingerprint density at radius 2 is 1.21 bits per heavy atom. The van der Waals surface area contributed by atoms with E-state index in [9.17, 15) is 19.8 Å². The lowest BCUT2D eigenvalue weighted by molar-refractivity contribution is -0.329. The van der Waals surface area contributed by atoms with E-state index in [2.05, 4.69) is 0 Å². The predicted molar refractivity (Wildman–Crippen MR) is 44.5 cm³/mol. The molecule has 0 aromatic carbocycles. The molecule has 0 fully saturated rings. The highest BCUT2D eigenvalue weighted by Gasteiger charge is 2.33. The summed E-state index contributed by atoms with van der Waals surface area (Å²) in [5.74, 6) is -5.25. The molecular weight excluding hydrogens is 184 g/mol. The molecule has 0 aliphatic heterocycles. The number of carbonyl (C=O) groups is 2. The lowest BCUT2D eigenvalue weighted by Gasteiger charge is -2.38. The van der Waals surface area contributed by atoms with Gasteiger partial charge in [-0.05, 0) is 11.8 Å². The molecule has 0 saturated heterocycles. The van der Waals surface area contributed by atoms with Crippen molar-refractivity contribution in [2.45, 2.75) is 13.8 Å². The Kier molecular flexibility index (Phi) is 2.93. The van der Waals surface area contributed by atoms with E-state index in [1.165, 1.54) is 0 Å². The monoisotopic (exact) mass is 196 g/mol. The number of aliphatic carboxylic acids is 2. The fourth-order valence-corrected chi connectivity index (χ4v) is 1.97. The van der Waals surface area contributed by atoms with Gasteiger partial charge in [-0.2, -0.15) is 0 Å². The van der Waals surface area contributed by atoms with E-state index in [1.54, 1.807) is 26.0 Å². The fraction of sp³-hybridized carbons (Fsp3) is 0.600. The molecule has 0 aromatic heterocycles. The molecule has 0 N–H and O–H groups in total. The van der Waals surface area contributed by atoms with Crippen molar-refractivity contribution < 1.29 is 19.8 Å². The molecule has 0 saturated carbocycles. The summed E-state index contributed by atoms with van der Waals surface area (Å²) in [6.07, 6.45) is 3.43. The van der Waals surface area contributed by atoms with Crippen LogP contribution in [0.4, 0.5) is 0 Å². The summed E-state index contributed by atoms with van der Waals surface area (Å²) in [6, 6.07) is 0. The number of hydrogen-bond donors (Lipinski definition) is 0. The topological polar surface area (TPSA) is 80.3 Å². The normalized spacial score (nSPS) is 36.7. The maximum Gasteiger partial charge on any atom is 0.0457 e. The van der Waals surface area contributed by atoms with Gasteiger partial charge in [0.1, 0.15) is 0 Å². The molecule has 0 aromatic rings. The molecule has 0 radical (unpaired) electrons. The molecule has 0 amide bonds. The number of carboxylic acid groups (broad SMARTS) is 2. The van der Waals surface area contributed by atoms with Crippen molar-refractivity contribution in [1.29, 1.82) is 0 Å². The zero-order valence-electron chi connectivity index (χ0n) is 8.10. The summed E-state index contributed by atoms with van der Waals surface area (Å²) in [5, 5.41) is 21.6. The second kappa shape index (κ2) is 3.82. The first-order valence-corrected chi connectivity index (χ1v) is 4.55. The van der Waals surface area contributed by atoms with Gasteiger partial charge in [0.15, 0.2) is 0 Å². The third kappa shape index (κ3) is 1.78. The molecule has 14 heavy (non-hydrogen) atoms. The summed E-state index contributed by atoms with van der Waals surface area (Å²) in [6.45, 7) is 3.33. The minimum Gasteiger partial charge on any atom is -0.550 e. The largest absolute Gasteiger partial charge is 0.550 e. The van der Waals surface area contributed by atoms with Gasteiger partial charge in [-0.1, -0.05) is 26.0 Å². The van der Waals surface area contributed by atoms with Crippen LogP contribution in [0.1, 0.15) is 13.8 Å². The van der Waals surface area contributed by atoms with Crippen LogP contribution in [0.5, 0.6) is 0 Å². The third-order valence-electron chi connectivity index (χ3n) is 2.78. The molecule has 4 nitrogen and oxygen atoms in total. The van der Waals surface area contributed by atoms with Crippen LogP contribution in [-0.2, 0) is 9.59 Å². The van der Waals surface area contributed by atoms with Crippen LogP contribution in [0.2, 0.25) is 0 Å².